The van der Waals surface area contributed by atoms with Crippen LogP contribution in [-0.2, 0) is 10.0 Å². The first-order chi connectivity index (χ1) is 12.4. The fraction of sp³-hybridized carbons (Fsp3) is 0.316. The average molecular weight is 373 g/mol. The Labute approximate surface area is 153 Å². The van der Waals surface area contributed by atoms with Crippen LogP contribution >= 0.6 is 0 Å². The van der Waals surface area contributed by atoms with Gasteiger partial charge < -0.3 is 0 Å². The summed E-state index contributed by atoms with van der Waals surface area (Å²) in [5.74, 6) is -0.422. The number of aryl methyl sites for hydroxylation is 1. The van der Waals surface area contributed by atoms with E-state index >= 15 is 0 Å². The summed E-state index contributed by atoms with van der Waals surface area (Å²) in [5.41, 5.74) is 1.03. The Kier molecular flexibility index (Phi) is 5.37. The minimum Gasteiger partial charge on any atom is -0.282 e. The van der Waals surface area contributed by atoms with Crippen molar-refractivity contribution in [2.45, 2.75) is 17.9 Å². The van der Waals surface area contributed by atoms with Crippen molar-refractivity contribution in [1.82, 2.24) is 9.21 Å². The van der Waals surface area contributed by atoms with Gasteiger partial charge in [0, 0.05) is 31.7 Å². The normalized spacial score (nSPS) is 17.6. The van der Waals surface area contributed by atoms with Crippen LogP contribution in [0.3, 0.4) is 0 Å². The van der Waals surface area contributed by atoms with Crippen LogP contribution in [-0.4, -0.2) is 43.8 Å². The second-order valence-electron chi connectivity index (χ2n) is 6.26. The molecule has 2 aromatic rings. The number of rotatable bonds is 4. The molecule has 3 rings (SSSR count). The Morgan fingerprint density at radius 3 is 2.27 bits per heavy atom. The molecule has 136 valence electrons. The van der Waals surface area contributed by atoms with E-state index in [0.717, 1.165) is 0 Å². The third-order valence-corrected chi connectivity index (χ3v) is 6.73. The van der Waals surface area contributed by atoms with E-state index in [0.29, 0.717) is 29.1 Å². The van der Waals surface area contributed by atoms with Crippen LogP contribution in [0.4, 0.5) is 4.39 Å². The van der Waals surface area contributed by atoms with Crippen LogP contribution in [0.2, 0.25) is 0 Å². The van der Waals surface area contributed by atoms with Crippen LogP contribution in [0.1, 0.15) is 17.2 Å². The van der Waals surface area contributed by atoms with E-state index in [1.54, 1.807) is 49.4 Å². The molecule has 1 saturated heterocycles. The largest absolute Gasteiger partial charge is 0.282 e. The zero-order valence-electron chi connectivity index (χ0n) is 14.5. The fourth-order valence-electron chi connectivity index (χ4n) is 3.23. The maximum atomic E-state index is 14.0. The number of halogens is 1. The molecule has 1 aliphatic rings. The molecule has 0 radical (unpaired) electrons. The molecule has 0 saturated carbocycles. The van der Waals surface area contributed by atoms with Crippen LogP contribution in [0.25, 0.3) is 0 Å². The molecule has 2 aromatic carbocycles. The molecule has 1 atom stereocenters. The highest BCUT2D eigenvalue weighted by Gasteiger charge is 2.32. The average Bonchev–Trinajstić information content (AvgIpc) is 2.64. The summed E-state index contributed by atoms with van der Waals surface area (Å²) in [4.78, 5) is 2.13. The van der Waals surface area contributed by atoms with Crippen molar-refractivity contribution in [1.29, 1.82) is 5.26 Å². The van der Waals surface area contributed by atoms with Crippen molar-refractivity contribution in [3.8, 4) is 6.07 Å². The molecule has 0 N–H and O–H groups in total. The van der Waals surface area contributed by atoms with Gasteiger partial charge in [0.2, 0.25) is 10.0 Å². The van der Waals surface area contributed by atoms with E-state index in [2.05, 4.69) is 6.07 Å². The maximum absolute atomic E-state index is 14.0. The van der Waals surface area contributed by atoms with Gasteiger partial charge in [-0.05, 0) is 24.6 Å². The van der Waals surface area contributed by atoms with Gasteiger partial charge >= 0.3 is 0 Å². The predicted octanol–water partition coefficient (Wildman–Crippen LogP) is 2.71. The first kappa shape index (κ1) is 18.5. The first-order valence-electron chi connectivity index (χ1n) is 8.39. The lowest BCUT2D eigenvalue weighted by atomic mass is 10.1. The highest BCUT2D eigenvalue weighted by Crippen LogP contribution is 2.26. The summed E-state index contributed by atoms with van der Waals surface area (Å²) in [6.07, 6.45) is 0. The van der Waals surface area contributed by atoms with Crippen molar-refractivity contribution in [3.63, 3.8) is 0 Å². The molecule has 5 nitrogen and oxygen atoms in total. The van der Waals surface area contributed by atoms with Crippen molar-refractivity contribution in [3.05, 3.63) is 65.5 Å². The van der Waals surface area contributed by atoms with E-state index < -0.39 is 21.9 Å². The topological polar surface area (TPSA) is 64.4 Å². The van der Waals surface area contributed by atoms with Crippen molar-refractivity contribution in [2.75, 3.05) is 26.2 Å². The minimum absolute atomic E-state index is 0.267. The monoisotopic (exact) mass is 373 g/mol. The lowest BCUT2D eigenvalue weighted by Gasteiger charge is -2.36. The fourth-order valence-corrected chi connectivity index (χ4v) is 4.88. The summed E-state index contributed by atoms with van der Waals surface area (Å²) in [6.45, 7) is 3.05. The summed E-state index contributed by atoms with van der Waals surface area (Å²) < 4.78 is 41.2. The Morgan fingerprint density at radius 1 is 1.04 bits per heavy atom. The number of piperazine rings is 1. The number of nitriles is 1. The van der Waals surface area contributed by atoms with E-state index in [1.165, 1.54) is 10.4 Å². The van der Waals surface area contributed by atoms with Crippen LogP contribution in [0.5, 0.6) is 0 Å². The zero-order chi connectivity index (χ0) is 18.7. The Bertz CT molecular complexity index is 932. The van der Waals surface area contributed by atoms with Gasteiger partial charge in [-0.3, -0.25) is 4.90 Å². The lowest BCUT2D eigenvalue weighted by Crippen LogP contribution is -2.49. The van der Waals surface area contributed by atoms with E-state index in [1.807, 2.05) is 4.90 Å². The minimum atomic E-state index is -3.57. The summed E-state index contributed by atoms with van der Waals surface area (Å²) in [6, 6.07) is 14.5. The van der Waals surface area contributed by atoms with Crippen molar-refractivity contribution < 1.29 is 12.8 Å². The molecule has 1 aliphatic heterocycles. The Balaban J connectivity index is 1.76. The molecule has 1 unspecified atom stereocenters. The van der Waals surface area contributed by atoms with Gasteiger partial charge in [0.15, 0.2) is 0 Å². The van der Waals surface area contributed by atoms with Gasteiger partial charge in [0.05, 0.1) is 11.0 Å². The molecule has 0 aliphatic carbocycles. The molecular weight excluding hydrogens is 353 g/mol. The molecule has 0 amide bonds. The van der Waals surface area contributed by atoms with Gasteiger partial charge in [-0.2, -0.15) is 9.57 Å². The Hall–Kier alpha value is -2.27. The standard InChI is InChI=1S/C19H20FN3O2S/c1-15-6-2-5-9-19(15)26(24,25)23-12-10-22(11-13-23)18(14-21)16-7-3-4-8-17(16)20/h2-9,18H,10-13H2,1H3. The van der Waals surface area contributed by atoms with Crippen molar-refractivity contribution in [2.24, 2.45) is 0 Å². The lowest BCUT2D eigenvalue weighted by molar-refractivity contribution is 0.160. The second kappa shape index (κ2) is 7.54. The molecule has 7 heteroatoms. The number of hydrogen-bond acceptors (Lipinski definition) is 4. The number of hydrogen-bond donors (Lipinski definition) is 0. The first-order valence-corrected chi connectivity index (χ1v) is 9.83. The van der Waals surface area contributed by atoms with Gasteiger partial charge in [-0.15, -0.1) is 0 Å². The zero-order valence-corrected chi connectivity index (χ0v) is 15.3. The smallest absolute Gasteiger partial charge is 0.243 e. The summed E-state index contributed by atoms with van der Waals surface area (Å²) in [7, 11) is -3.57. The van der Waals surface area contributed by atoms with E-state index in [-0.39, 0.29) is 13.1 Å². The number of benzene rings is 2. The van der Waals surface area contributed by atoms with Gasteiger partial charge in [-0.25, -0.2) is 12.8 Å². The third-order valence-electron chi connectivity index (χ3n) is 4.67. The molecule has 0 aromatic heterocycles. The SMILES string of the molecule is Cc1ccccc1S(=O)(=O)N1CCN(C(C#N)c2ccccc2F)CC1. The molecule has 1 fully saturated rings. The highest BCUT2D eigenvalue weighted by atomic mass is 32.2. The second-order valence-corrected chi connectivity index (χ2v) is 8.17. The number of nitrogens with zero attached hydrogens (tertiary/aromatic N) is 3. The molecular formula is C19H20FN3O2S. The summed E-state index contributed by atoms with van der Waals surface area (Å²) in [5, 5.41) is 9.51. The number of sulfonamides is 1. The van der Waals surface area contributed by atoms with Gasteiger partial charge in [0.1, 0.15) is 11.9 Å². The van der Waals surface area contributed by atoms with Crippen LogP contribution < -0.4 is 0 Å². The molecule has 0 spiro atoms. The molecule has 1 heterocycles. The van der Waals surface area contributed by atoms with E-state index in [4.69, 9.17) is 0 Å². The van der Waals surface area contributed by atoms with E-state index in [9.17, 15) is 18.1 Å². The molecule has 0 bridgehead atoms. The quantitative estimate of drug-likeness (QED) is 0.827. The maximum Gasteiger partial charge on any atom is 0.243 e. The van der Waals surface area contributed by atoms with Crippen LogP contribution in [0, 0.1) is 24.1 Å². The van der Waals surface area contributed by atoms with Crippen molar-refractivity contribution >= 4 is 10.0 Å². The highest BCUT2D eigenvalue weighted by molar-refractivity contribution is 7.89. The van der Waals surface area contributed by atoms with Gasteiger partial charge in [-0.1, -0.05) is 36.4 Å². The summed E-state index contributed by atoms with van der Waals surface area (Å²) >= 11 is 0. The van der Waals surface area contributed by atoms with Gasteiger partial charge in [0.25, 0.3) is 0 Å². The third kappa shape index (κ3) is 3.49. The van der Waals surface area contributed by atoms with Crippen LogP contribution in [0.15, 0.2) is 53.4 Å². The molecule has 26 heavy (non-hydrogen) atoms. The predicted molar refractivity (Wildman–Crippen MR) is 96.3 cm³/mol. The Morgan fingerprint density at radius 2 is 1.65 bits per heavy atom.